The first kappa shape index (κ1) is 32.4. The van der Waals surface area contributed by atoms with Gasteiger partial charge in [-0.25, -0.2) is 15.0 Å². The fourth-order valence-electron chi connectivity index (χ4n) is 8.58. The third-order valence-corrected chi connectivity index (χ3v) is 11.4. The van der Waals surface area contributed by atoms with Crippen LogP contribution in [-0.2, 0) is 0 Å². The van der Waals surface area contributed by atoms with Gasteiger partial charge >= 0.3 is 0 Å². The lowest BCUT2D eigenvalue weighted by Crippen LogP contribution is -2.01. The summed E-state index contributed by atoms with van der Waals surface area (Å²) in [5, 5.41) is 8.85. The van der Waals surface area contributed by atoms with Crippen LogP contribution in [0.3, 0.4) is 0 Å². The summed E-state index contributed by atoms with van der Waals surface area (Å²) in [5.74, 6) is 1.72. The van der Waals surface area contributed by atoms with Crippen LogP contribution in [-0.4, -0.2) is 15.0 Å². The molecule has 5 heteroatoms. The van der Waals surface area contributed by atoms with E-state index in [0.29, 0.717) is 17.5 Å². The summed E-state index contributed by atoms with van der Waals surface area (Å²) in [4.78, 5) is 15.7. The minimum Gasteiger partial charge on any atom is -0.456 e. The van der Waals surface area contributed by atoms with E-state index in [1.807, 2.05) is 48.5 Å². The smallest absolute Gasteiger partial charge is 0.167 e. The normalized spacial score (nSPS) is 11.8. The van der Waals surface area contributed by atoms with Gasteiger partial charge in [-0.2, -0.15) is 0 Å². The zero-order valence-electron chi connectivity index (χ0n) is 31.1. The van der Waals surface area contributed by atoms with Gasteiger partial charge in [-0.05, 0) is 80.2 Å². The summed E-state index contributed by atoms with van der Waals surface area (Å²) in [6.07, 6.45) is 0. The zero-order chi connectivity index (χ0) is 38.2. The zero-order valence-corrected chi connectivity index (χ0v) is 31.1. The summed E-state index contributed by atoms with van der Waals surface area (Å²) >= 11 is 0. The molecule has 0 radical (unpaired) electrons. The Bertz CT molecular complexity index is 3580. The molecule has 0 spiro atoms. The number of para-hydroxylation sites is 3. The van der Waals surface area contributed by atoms with Gasteiger partial charge < -0.3 is 8.83 Å². The highest BCUT2D eigenvalue weighted by Gasteiger charge is 2.21. The summed E-state index contributed by atoms with van der Waals surface area (Å²) in [6, 6.07) is 65.2. The molecule has 0 atom stereocenters. The highest BCUT2D eigenvalue weighted by atomic mass is 16.3. The Kier molecular flexibility index (Phi) is 7.16. The van der Waals surface area contributed by atoms with Crippen LogP contribution >= 0.6 is 0 Å². The van der Waals surface area contributed by atoms with E-state index in [1.165, 1.54) is 10.8 Å². The summed E-state index contributed by atoms with van der Waals surface area (Å²) in [6.45, 7) is 0. The molecule has 0 amide bonds. The van der Waals surface area contributed by atoms with Crippen molar-refractivity contribution in [1.29, 1.82) is 0 Å². The summed E-state index contributed by atoms with van der Waals surface area (Å²) < 4.78 is 12.8. The Hall–Kier alpha value is -7.89. The van der Waals surface area contributed by atoms with E-state index >= 15 is 0 Å². The van der Waals surface area contributed by atoms with E-state index in [0.717, 1.165) is 93.6 Å². The van der Waals surface area contributed by atoms with E-state index in [4.69, 9.17) is 23.8 Å². The van der Waals surface area contributed by atoms with E-state index in [2.05, 4.69) is 140 Å². The van der Waals surface area contributed by atoms with Gasteiger partial charge in [0, 0.05) is 32.7 Å². The molecular formula is C53H31N3O2. The van der Waals surface area contributed by atoms with E-state index in [9.17, 15) is 0 Å². The number of benzene rings is 9. The van der Waals surface area contributed by atoms with Crippen molar-refractivity contribution < 1.29 is 8.83 Å². The van der Waals surface area contributed by atoms with Crippen LogP contribution in [0.1, 0.15) is 0 Å². The van der Waals surface area contributed by atoms with Crippen LogP contribution < -0.4 is 0 Å². The second-order valence-corrected chi connectivity index (χ2v) is 14.7. The lowest BCUT2D eigenvalue weighted by Gasteiger charge is -2.14. The molecule has 0 unspecified atom stereocenters. The predicted molar refractivity (Wildman–Crippen MR) is 237 cm³/mol. The Balaban J connectivity index is 1.05. The molecule has 58 heavy (non-hydrogen) atoms. The van der Waals surface area contributed by atoms with Crippen molar-refractivity contribution in [1.82, 2.24) is 15.0 Å². The molecule has 0 aliphatic carbocycles. The fourth-order valence-corrected chi connectivity index (χ4v) is 8.58. The van der Waals surface area contributed by atoms with E-state index < -0.39 is 0 Å². The van der Waals surface area contributed by atoms with Crippen molar-refractivity contribution in [2.24, 2.45) is 0 Å². The van der Waals surface area contributed by atoms with Crippen molar-refractivity contribution in [3.63, 3.8) is 0 Å². The molecule has 9 aromatic carbocycles. The molecule has 12 aromatic rings. The van der Waals surface area contributed by atoms with E-state index in [-0.39, 0.29) is 0 Å². The van der Waals surface area contributed by atoms with Gasteiger partial charge in [0.15, 0.2) is 17.5 Å². The van der Waals surface area contributed by atoms with Crippen molar-refractivity contribution in [3.05, 3.63) is 188 Å². The third-order valence-electron chi connectivity index (χ3n) is 11.4. The number of rotatable bonds is 5. The van der Waals surface area contributed by atoms with Crippen molar-refractivity contribution in [3.8, 4) is 56.4 Å². The average molecular weight is 742 g/mol. The molecule has 3 aromatic heterocycles. The summed E-state index contributed by atoms with van der Waals surface area (Å²) in [5.41, 5.74) is 10.4. The molecule has 0 saturated carbocycles. The van der Waals surface area contributed by atoms with Crippen LogP contribution in [0.15, 0.2) is 197 Å². The molecule has 0 aliphatic rings. The number of hydrogen-bond acceptors (Lipinski definition) is 5. The molecule has 0 saturated heterocycles. The first-order valence-corrected chi connectivity index (χ1v) is 19.4. The van der Waals surface area contributed by atoms with Crippen LogP contribution in [0.5, 0.6) is 0 Å². The molecule has 0 aliphatic heterocycles. The highest BCUT2D eigenvalue weighted by Crippen LogP contribution is 2.42. The standard InChI is InChI=1S/C53H31N3O2/c1-2-12-35-31-36(28-25-32(35)11-1)33-23-26-34(27-24-33)51-54-52(56-53(55-51)45-19-9-18-42-40-15-5-7-20-46(40)58-50(42)45)43-30-29-39(37-13-3-4-14-38(37)43)41-17-10-22-48-49(41)44-16-6-8-21-47(44)57-48/h1-31H. The maximum atomic E-state index is 6.51. The summed E-state index contributed by atoms with van der Waals surface area (Å²) in [7, 11) is 0. The minimum absolute atomic E-state index is 0.547. The number of furan rings is 2. The van der Waals surface area contributed by atoms with Gasteiger partial charge in [-0.15, -0.1) is 0 Å². The maximum Gasteiger partial charge on any atom is 0.167 e. The minimum atomic E-state index is 0.547. The molecule has 3 heterocycles. The molecule has 270 valence electrons. The van der Waals surface area contributed by atoms with Crippen LogP contribution in [0.4, 0.5) is 0 Å². The SMILES string of the molecule is c1ccc2cc(-c3ccc(-c4nc(-c5ccc(-c6cccc7oc8ccccc8c67)c6ccccc56)nc(-c5cccc6c5oc5ccccc56)n4)cc3)ccc2c1. The van der Waals surface area contributed by atoms with Crippen LogP contribution in [0.2, 0.25) is 0 Å². The van der Waals surface area contributed by atoms with Gasteiger partial charge in [-0.1, -0.05) is 152 Å². The largest absolute Gasteiger partial charge is 0.456 e. The van der Waals surface area contributed by atoms with Crippen LogP contribution in [0, 0.1) is 0 Å². The molecular weight excluding hydrogens is 711 g/mol. The lowest BCUT2D eigenvalue weighted by molar-refractivity contribution is 0.669. The number of fused-ring (bicyclic) bond motifs is 8. The number of nitrogens with zero attached hydrogens (tertiary/aromatic N) is 3. The Morgan fingerprint density at radius 2 is 0.845 bits per heavy atom. The molecule has 12 rings (SSSR count). The number of hydrogen-bond donors (Lipinski definition) is 0. The fraction of sp³-hybridized carbons (Fsp3) is 0. The lowest BCUT2D eigenvalue weighted by atomic mass is 9.92. The molecule has 5 nitrogen and oxygen atoms in total. The first-order valence-electron chi connectivity index (χ1n) is 19.4. The molecule has 0 fully saturated rings. The molecule has 0 N–H and O–H groups in total. The van der Waals surface area contributed by atoms with E-state index in [1.54, 1.807) is 0 Å². The second kappa shape index (κ2) is 12.8. The monoisotopic (exact) mass is 741 g/mol. The Morgan fingerprint density at radius 1 is 0.293 bits per heavy atom. The van der Waals surface area contributed by atoms with Crippen molar-refractivity contribution in [2.45, 2.75) is 0 Å². The third kappa shape index (κ3) is 5.14. The van der Waals surface area contributed by atoms with Crippen molar-refractivity contribution >= 4 is 65.4 Å². The first-order chi connectivity index (χ1) is 28.7. The van der Waals surface area contributed by atoms with Crippen LogP contribution in [0.25, 0.3) is 122 Å². The number of aromatic nitrogens is 3. The Morgan fingerprint density at radius 3 is 1.67 bits per heavy atom. The average Bonchev–Trinajstić information content (AvgIpc) is 3.87. The second-order valence-electron chi connectivity index (χ2n) is 14.7. The van der Waals surface area contributed by atoms with Gasteiger partial charge in [-0.3, -0.25) is 0 Å². The maximum absolute atomic E-state index is 6.51. The topological polar surface area (TPSA) is 65.0 Å². The van der Waals surface area contributed by atoms with Gasteiger partial charge in [0.1, 0.15) is 22.3 Å². The highest BCUT2D eigenvalue weighted by molar-refractivity contribution is 6.16. The van der Waals surface area contributed by atoms with Gasteiger partial charge in [0.2, 0.25) is 0 Å². The predicted octanol–water partition coefficient (Wildman–Crippen LogP) is 14.3. The van der Waals surface area contributed by atoms with Gasteiger partial charge in [0.05, 0.1) is 5.56 Å². The van der Waals surface area contributed by atoms with Crippen molar-refractivity contribution in [2.75, 3.05) is 0 Å². The Labute approximate surface area is 332 Å². The quantitative estimate of drug-likeness (QED) is 0.176. The molecule has 0 bridgehead atoms. The van der Waals surface area contributed by atoms with Gasteiger partial charge in [0.25, 0.3) is 0 Å².